The summed E-state index contributed by atoms with van der Waals surface area (Å²) in [5.41, 5.74) is 29.1. The Labute approximate surface area is 449 Å². The molecule has 0 bridgehead atoms. The first kappa shape index (κ1) is 47.9. The highest BCUT2D eigenvalue weighted by Crippen LogP contribution is 2.50. The zero-order chi connectivity index (χ0) is 53.1. The second-order valence-electron chi connectivity index (χ2n) is 25.4. The first-order valence-corrected chi connectivity index (χ1v) is 27.4. The molecule has 0 radical (unpaired) electrons. The van der Waals surface area contributed by atoms with E-state index in [2.05, 4.69) is 269 Å². The van der Waals surface area contributed by atoms with Crippen molar-refractivity contribution in [3.8, 4) is 16.8 Å². The molecule has 9 aromatic carbocycles. The smallest absolute Gasteiger partial charge is 0.252 e. The van der Waals surface area contributed by atoms with Crippen LogP contribution in [0.3, 0.4) is 0 Å². The average Bonchev–Trinajstić information content (AvgIpc) is 4.06. The van der Waals surface area contributed by atoms with E-state index in [1.807, 2.05) is 0 Å². The molecule has 0 atom stereocenters. The number of aromatic nitrogens is 1. The van der Waals surface area contributed by atoms with E-state index in [4.69, 9.17) is 4.42 Å². The maximum Gasteiger partial charge on any atom is 0.252 e. The molecule has 376 valence electrons. The Balaban J connectivity index is 1.16. The van der Waals surface area contributed by atoms with Gasteiger partial charge >= 0.3 is 0 Å². The van der Waals surface area contributed by atoms with Crippen LogP contribution in [0.15, 0.2) is 162 Å². The lowest BCUT2D eigenvalue weighted by atomic mass is 9.33. The Morgan fingerprint density at radius 1 is 0.408 bits per heavy atom. The van der Waals surface area contributed by atoms with Gasteiger partial charge in [-0.2, -0.15) is 0 Å². The molecule has 0 unspecified atom stereocenters. The van der Waals surface area contributed by atoms with Crippen LogP contribution >= 0.6 is 0 Å². The van der Waals surface area contributed by atoms with Crippen molar-refractivity contribution in [3.05, 3.63) is 202 Å². The number of anilines is 6. The second kappa shape index (κ2) is 16.6. The van der Waals surface area contributed by atoms with Gasteiger partial charge in [-0.05, 0) is 184 Å². The highest BCUT2D eigenvalue weighted by atomic mass is 16.3. The predicted octanol–water partition coefficient (Wildman–Crippen LogP) is 17.9. The fourth-order valence-corrected chi connectivity index (χ4v) is 13.0. The van der Waals surface area contributed by atoms with Gasteiger partial charge in [0, 0.05) is 55.5 Å². The molecular formula is C71H68BN3O. The molecule has 4 heterocycles. The summed E-state index contributed by atoms with van der Waals surface area (Å²) in [6.07, 6.45) is 0. The fourth-order valence-electron chi connectivity index (χ4n) is 13.0. The molecule has 0 N–H and O–H groups in total. The van der Waals surface area contributed by atoms with Gasteiger partial charge in [0.15, 0.2) is 0 Å². The maximum atomic E-state index is 6.68. The minimum absolute atomic E-state index is 0.0331. The van der Waals surface area contributed by atoms with Crippen LogP contribution in [0, 0.1) is 34.6 Å². The van der Waals surface area contributed by atoms with E-state index in [0.717, 1.165) is 38.8 Å². The molecule has 0 saturated carbocycles. The van der Waals surface area contributed by atoms with E-state index in [1.165, 1.54) is 117 Å². The lowest BCUT2D eigenvalue weighted by Gasteiger charge is -2.46. The predicted molar refractivity (Wildman–Crippen MR) is 327 cm³/mol. The number of furan rings is 1. The number of para-hydroxylation sites is 3. The molecule has 0 saturated heterocycles. The quantitative estimate of drug-likeness (QED) is 0.164. The van der Waals surface area contributed by atoms with Crippen LogP contribution < -0.4 is 26.2 Å². The summed E-state index contributed by atoms with van der Waals surface area (Å²) < 4.78 is 9.21. The topological polar surface area (TPSA) is 24.6 Å². The summed E-state index contributed by atoms with van der Waals surface area (Å²) in [6, 6.07) is 60.5. The summed E-state index contributed by atoms with van der Waals surface area (Å²) in [6.45, 7) is 32.3. The largest absolute Gasteiger partial charge is 0.455 e. The third-order valence-corrected chi connectivity index (χ3v) is 16.9. The SMILES string of the molecule is Cc1cc2c3c(c1)N(c1c(C)cc(-c4cccc5c4oc4ccccc45)cc1C)c1cc4c(cc1B3c1cc(C(C)(C)C)ccc1N2c1c(C)cccc1C)c1cc(C(C)(C)C)ccc1n4-c1ccc(C(C)(C)C)cc1. The van der Waals surface area contributed by atoms with Crippen molar-refractivity contribution in [1.82, 2.24) is 4.57 Å². The van der Waals surface area contributed by atoms with Crippen LogP contribution in [0.4, 0.5) is 34.1 Å². The second-order valence-corrected chi connectivity index (χ2v) is 25.4. The van der Waals surface area contributed by atoms with Crippen molar-refractivity contribution < 1.29 is 4.42 Å². The highest BCUT2D eigenvalue weighted by Gasteiger charge is 2.45. The number of hydrogen-bond donors (Lipinski definition) is 0. The number of nitrogens with zero attached hydrogens (tertiary/aromatic N) is 3. The van der Waals surface area contributed by atoms with Gasteiger partial charge < -0.3 is 18.8 Å². The number of rotatable bonds is 4. The van der Waals surface area contributed by atoms with E-state index in [0.29, 0.717) is 0 Å². The number of benzene rings is 9. The Kier molecular flexibility index (Phi) is 10.5. The zero-order valence-electron chi connectivity index (χ0n) is 46.8. The van der Waals surface area contributed by atoms with Crippen LogP contribution in [0.25, 0.3) is 60.6 Å². The minimum Gasteiger partial charge on any atom is -0.455 e. The Morgan fingerprint density at radius 2 is 0.961 bits per heavy atom. The molecule has 76 heavy (non-hydrogen) atoms. The van der Waals surface area contributed by atoms with Gasteiger partial charge in [0.25, 0.3) is 6.71 Å². The van der Waals surface area contributed by atoms with E-state index >= 15 is 0 Å². The lowest BCUT2D eigenvalue weighted by molar-refractivity contribution is 0.590. The van der Waals surface area contributed by atoms with Gasteiger partial charge in [-0.15, -0.1) is 0 Å². The lowest BCUT2D eigenvalue weighted by Crippen LogP contribution is -2.61. The third-order valence-electron chi connectivity index (χ3n) is 16.9. The van der Waals surface area contributed by atoms with Crippen molar-refractivity contribution in [3.63, 3.8) is 0 Å². The fraction of sp³-hybridized carbons (Fsp3) is 0.239. The van der Waals surface area contributed by atoms with E-state index in [1.54, 1.807) is 0 Å². The number of fused-ring (bicyclic) bond motifs is 10. The summed E-state index contributed by atoms with van der Waals surface area (Å²) in [7, 11) is 0. The van der Waals surface area contributed by atoms with Crippen LogP contribution in [-0.4, -0.2) is 11.3 Å². The summed E-state index contributed by atoms with van der Waals surface area (Å²) in [4.78, 5) is 5.26. The minimum atomic E-state index is -0.0652. The molecule has 13 rings (SSSR count). The van der Waals surface area contributed by atoms with E-state index in [9.17, 15) is 0 Å². The zero-order valence-corrected chi connectivity index (χ0v) is 46.8. The normalized spacial score (nSPS) is 13.6. The van der Waals surface area contributed by atoms with Crippen LogP contribution in [0.2, 0.25) is 0 Å². The van der Waals surface area contributed by atoms with Crippen LogP contribution in [0.5, 0.6) is 0 Å². The standard InChI is InChI=1S/C71H68BN3O/c1-41-33-62-65-63(34-41)75(67-44(4)35-46(36-45(67)5)51-22-18-23-53-52-21-15-16-24-64(52)76-68(51)53)61-40-60-55(54-37-48(70(9,10)11)27-31-58(54)73(60)50-29-25-47(26-30-50)69(6,7)8)39-57(61)72(65)56-38-49(71(12,13)14)28-32-59(56)74(62)66-42(2)19-17-20-43(66)3/h15-40H,1-14H3. The van der Waals surface area contributed by atoms with Crippen LogP contribution in [-0.2, 0) is 16.2 Å². The summed E-state index contributed by atoms with van der Waals surface area (Å²) >= 11 is 0. The summed E-state index contributed by atoms with van der Waals surface area (Å²) in [5, 5.41) is 4.83. The number of aryl methyl sites for hydroxylation is 5. The van der Waals surface area contributed by atoms with Crippen LogP contribution in [0.1, 0.15) is 107 Å². The maximum absolute atomic E-state index is 6.68. The Bertz CT molecular complexity index is 4200. The van der Waals surface area contributed by atoms with Crippen molar-refractivity contribution in [2.24, 2.45) is 0 Å². The molecule has 2 aliphatic rings. The van der Waals surface area contributed by atoms with E-state index in [-0.39, 0.29) is 23.0 Å². The molecule has 4 nitrogen and oxygen atoms in total. The summed E-state index contributed by atoms with van der Waals surface area (Å²) in [5.74, 6) is 0. The van der Waals surface area contributed by atoms with Gasteiger partial charge in [0.05, 0.1) is 22.4 Å². The van der Waals surface area contributed by atoms with Crippen molar-refractivity contribution in [1.29, 1.82) is 0 Å². The molecular weight excluding hydrogens is 922 g/mol. The molecule has 5 heteroatoms. The Hall–Kier alpha value is -7.76. The van der Waals surface area contributed by atoms with E-state index < -0.39 is 0 Å². The van der Waals surface area contributed by atoms with Gasteiger partial charge in [-0.3, -0.25) is 0 Å². The molecule has 0 spiro atoms. The molecule has 2 aliphatic heterocycles. The highest BCUT2D eigenvalue weighted by molar-refractivity contribution is 7.00. The molecule has 11 aromatic rings. The first-order chi connectivity index (χ1) is 36.2. The van der Waals surface area contributed by atoms with Crippen molar-refractivity contribution in [2.45, 2.75) is 113 Å². The number of hydrogen-bond acceptors (Lipinski definition) is 3. The average molecular weight is 990 g/mol. The third kappa shape index (κ3) is 7.25. The molecule has 0 fully saturated rings. The molecule has 0 amide bonds. The van der Waals surface area contributed by atoms with Gasteiger partial charge in [0.2, 0.25) is 0 Å². The molecule has 0 aliphatic carbocycles. The monoisotopic (exact) mass is 990 g/mol. The van der Waals surface area contributed by atoms with Gasteiger partial charge in [-0.25, -0.2) is 0 Å². The van der Waals surface area contributed by atoms with Gasteiger partial charge in [0.1, 0.15) is 11.2 Å². The van der Waals surface area contributed by atoms with Gasteiger partial charge in [-0.1, -0.05) is 153 Å². The van der Waals surface area contributed by atoms with Crippen molar-refractivity contribution in [2.75, 3.05) is 9.80 Å². The Morgan fingerprint density at radius 3 is 1.63 bits per heavy atom. The van der Waals surface area contributed by atoms with Crippen molar-refractivity contribution >= 4 is 101 Å². The molecule has 2 aromatic heterocycles. The first-order valence-electron chi connectivity index (χ1n) is 27.4.